The lowest BCUT2D eigenvalue weighted by atomic mass is 9.77. The fourth-order valence-electron chi connectivity index (χ4n) is 3.54. The standard InChI is InChI=1S/C17H35NO/c1-6-14(7-2)12-18(8-3)16-11-15(13(4)5)9-10-17(16)19/h13-17,19H,6-12H2,1-5H3. The van der Waals surface area contributed by atoms with Crippen molar-refractivity contribution in [1.29, 1.82) is 0 Å². The zero-order chi connectivity index (χ0) is 14.4. The van der Waals surface area contributed by atoms with E-state index < -0.39 is 0 Å². The maximum atomic E-state index is 10.4. The van der Waals surface area contributed by atoms with Gasteiger partial charge in [0.25, 0.3) is 0 Å². The van der Waals surface area contributed by atoms with Gasteiger partial charge < -0.3 is 5.11 Å². The third-order valence-corrected chi connectivity index (χ3v) is 5.29. The highest BCUT2D eigenvalue weighted by atomic mass is 16.3. The number of nitrogens with zero attached hydrogens (tertiary/aromatic N) is 1. The molecule has 0 aromatic rings. The number of aliphatic hydroxyl groups excluding tert-OH is 1. The second-order valence-corrected chi connectivity index (χ2v) is 6.72. The molecular weight excluding hydrogens is 234 g/mol. The van der Waals surface area contributed by atoms with Crippen LogP contribution in [0.25, 0.3) is 0 Å². The van der Waals surface area contributed by atoms with Gasteiger partial charge in [0.15, 0.2) is 0 Å². The molecule has 1 N–H and O–H groups in total. The van der Waals surface area contributed by atoms with Crippen molar-refractivity contribution in [2.75, 3.05) is 13.1 Å². The number of likely N-dealkylation sites (N-methyl/N-ethyl adjacent to an activating group) is 1. The van der Waals surface area contributed by atoms with Crippen LogP contribution in [0.3, 0.4) is 0 Å². The molecule has 0 aromatic heterocycles. The van der Waals surface area contributed by atoms with Gasteiger partial charge >= 0.3 is 0 Å². The number of hydrogen-bond acceptors (Lipinski definition) is 2. The van der Waals surface area contributed by atoms with Crippen molar-refractivity contribution < 1.29 is 5.11 Å². The monoisotopic (exact) mass is 269 g/mol. The third kappa shape index (κ3) is 4.75. The van der Waals surface area contributed by atoms with E-state index in [0.717, 1.165) is 37.3 Å². The minimum atomic E-state index is -0.107. The molecule has 0 radical (unpaired) electrons. The average Bonchev–Trinajstić information content (AvgIpc) is 2.41. The molecule has 3 unspecified atom stereocenters. The van der Waals surface area contributed by atoms with E-state index in [1.807, 2.05) is 0 Å². The topological polar surface area (TPSA) is 23.5 Å². The highest BCUT2D eigenvalue weighted by Crippen LogP contribution is 2.33. The Morgan fingerprint density at radius 3 is 2.21 bits per heavy atom. The lowest BCUT2D eigenvalue weighted by Gasteiger charge is -2.42. The maximum Gasteiger partial charge on any atom is 0.0695 e. The first-order valence-corrected chi connectivity index (χ1v) is 8.45. The van der Waals surface area contributed by atoms with Crippen LogP contribution in [0, 0.1) is 17.8 Å². The normalized spacial score (nSPS) is 28.6. The van der Waals surface area contributed by atoms with Crippen molar-refractivity contribution in [3.63, 3.8) is 0 Å². The van der Waals surface area contributed by atoms with Gasteiger partial charge in [-0.2, -0.15) is 0 Å². The largest absolute Gasteiger partial charge is 0.391 e. The first kappa shape index (κ1) is 17.0. The second kappa shape index (κ2) is 8.26. The molecule has 1 aliphatic rings. The summed E-state index contributed by atoms with van der Waals surface area (Å²) in [7, 11) is 0. The van der Waals surface area contributed by atoms with E-state index in [1.54, 1.807) is 0 Å². The molecule has 1 aliphatic carbocycles. The Labute approximate surface area is 120 Å². The first-order chi connectivity index (χ1) is 9.03. The van der Waals surface area contributed by atoms with Crippen molar-refractivity contribution in [2.24, 2.45) is 17.8 Å². The molecule has 0 aliphatic heterocycles. The third-order valence-electron chi connectivity index (χ3n) is 5.29. The van der Waals surface area contributed by atoms with Crippen LogP contribution in [0.2, 0.25) is 0 Å². The molecule has 0 heterocycles. The van der Waals surface area contributed by atoms with Gasteiger partial charge in [0, 0.05) is 12.6 Å². The van der Waals surface area contributed by atoms with Gasteiger partial charge in [-0.05, 0) is 43.6 Å². The van der Waals surface area contributed by atoms with Crippen molar-refractivity contribution >= 4 is 0 Å². The van der Waals surface area contributed by atoms with Crippen LogP contribution in [0.15, 0.2) is 0 Å². The van der Waals surface area contributed by atoms with E-state index in [4.69, 9.17) is 0 Å². The summed E-state index contributed by atoms with van der Waals surface area (Å²) in [5.41, 5.74) is 0. The summed E-state index contributed by atoms with van der Waals surface area (Å²) in [5, 5.41) is 10.4. The molecule has 0 bridgehead atoms. The van der Waals surface area contributed by atoms with E-state index >= 15 is 0 Å². The van der Waals surface area contributed by atoms with Crippen molar-refractivity contribution in [2.45, 2.75) is 78.9 Å². The van der Waals surface area contributed by atoms with Gasteiger partial charge in [-0.1, -0.05) is 47.5 Å². The van der Waals surface area contributed by atoms with Gasteiger partial charge in [-0.15, -0.1) is 0 Å². The summed E-state index contributed by atoms with van der Waals surface area (Å²) >= 11 is 0. The molecule has 1 rings (SSSR count). The molecular formula is C17H35NO. The molecule has 1 fully saturated rings. The average molecular weight is 269 g/mol. The SMILES string of the molecule is CCC(CC)CN(CC)C1CC(C(C)C)CCC1O. The highest BCUT2D eigenvalue weighted by molar-refractivity contribution is 4.88. The molecule has 2 nitrogen and oxygen atoms in total. The minimum Gasteiger partial charge on any atom is -0.391 e. The molecule has 2 heteroatoms. The van der Waals surface area contributed by atoms with Gasteiger partial charge in [-0.3, -0.25) is 4.90 Å². The van der Waals surface area contributed by atoms with Gasteiger partial charge in [-0.25, -0.2) is 0 Å². The van der Waals surface area contributed by atoms with Gasteiger partial charge in [0.05, 0.1) is 6.10 Å². The van der Waals surface area contributed by atoms with Gasteiger partial charge in [0.2, 0.25) is 0 Å². The Kier molecular flexibility index (Phi) is 7.38. The first-order valence-electron chi connectivity index (χ1n) is 8.45. The predicted molar refractivity (Wildman–Crippen MR) is 83.3 cm³/mol. The van der Waals surface area contributed by atoms with Gasteiger partial charge in [0.1, 0.15) is 0 Å². The van der Waals surface area contributed by atoms with Crippen LogP contribution in [0.4, 0.5) is 0 Å². The molecule has 0 saturated heterocycles. The smallest absolute Gasteiger partial charge is 0.0695 e. The van der Waals surface area contributed by atoms with Crippen molar-refractivity contribution in [3.8, 4) is 0 Å². The zero-order valence-corrected chi connectivity index (χ0v) is 13.7. The Hall–Kier alpha value is -0.0800. The fourth-order valence-corrected chi connectivity index (χ4v) is 3.54. The summed E-state index contributed by atoms with van der Waals surface area (Å²) in [6.07, 6.45) is 5.79. The van der Waals surface area contributed by atoms with Crippen LogP contribution in [-0.2, 0) is 0 Å². The Morgan fingerprint density at radius 1 is 1.11 bits per heavy atom. The van der Waals surface area contributed by atoms with E-state index in [9.17, 15) is 5.11 Å². The Bertz CT molecular complexity index is 237. The molecule has 0 amide bonds. The van der Waals surface area contributed by atoms with Crippen LogP contribution in [0.1, 0.15) is 66.7 Å². The molecule has 0 aromatic carbocycles. The zero-order valence-electron chi connectivity index (χ0n) is 13.7. The molecule has 3 atom stereocenters. The van der Waals surface area contributed by atoms with Crippen LogP contribution in [-0.4, -0.2) is 35.2 Å². The summed E-state index contributed by atoms with van der Waals surface area (Å²) in [6, 6.07) is 0.395. The fraction of sp³-hybridized carbons (Fsp3) is 1.00. The van der Waals surface area contributed by atoms with E-state index in [2.05, 4.69) is 39.5 Å². The van der Waals surface area contributed by atoms with Crippen molar-refractivity contribution in [3.05, 3.63) is 0 Å². The lowest BCUT2D eigenvalue weighted by molar-refractivity contribution is -0.00877. The number of rotatable bonds is 7. The molecule has 1 saturated carbocycles. The minimum absolute atomic E-state index is 0.107. The molecule has 114 valence electrons. The summed E-state index contributed by atoms with van der Waals surface area (Å²) in [5.74, 6) is 2.33. The van der Waals surface area contributed by atoms with E-state index in [1.165, 1.54) is 25.7 Å². The summed E-state index contributed by atoms with van der Waals surface area (Å²) in [4.78, 5) is 2.55. The maximum absolute atomic E-state index is 10.4. The second-order valence-electron chi connectivity index (χ2n) is 6.72. The Morgan fingerprint density at radius 2 is 1.74 bits per heavy atom. The van der Waals surface area contributed by atoms with Crippen LogP contribution < -0.4 is 0 Å². The molecule has 0 spiro atoms. The quantitative estimate of drug-likeness (QED) is 0.757. The van der Waals surface area contributed by atoms with Crippen LogP contribution in [0.5, 0.6) is 0 Å². The van der Waals surface area contributed by atoms with Crippen molar-refractivity contribution in [1.82, 2.24) is 4.90 Å². The lowest BCUT2D eigenvalue weighted by Crippen LogP contribution is -2.49. The van der Waals surface area contributed by atoms with E-state index in [-0.39, 0.29) is 6.10 Å². The number of hydrogen-bond donors (Lipinski definition) is 1. The van der Waals surface area contributed by atoms with E-state index in [0.29, 0.717) is 6.04 Å². The summed E-state index contributed by atoms with van der Waals surface area (Å²) < 4.78 is 0. The number of aliphatic hydroxyl groups is 1. The highest BCUT2D eigenvalue weighted by Gasteiger charge is 2.34. The Balaban J connectivity index is 2.65. The van der Waals surface area contributed by atoms with Crippen LogP contribution >= 0.6 is 0 Å². The predicted octanol–water partition coefficient (Wildman–Crippen LogP) is 3.93. The summed E-state index contributed by atoms with van der Waals surface area (Å²) in [6.45, 7) is 13.7. The molecule has 19 heavy (non-hydrogen) atoms.